The minimum Gasteiger partial charge on any atom is -0.402 e. The molecular weight excluding hydrogens is 435 g/mol. The van der Waals surface area contributed by atoms with Crippen molar-refractivity contribution in [1.82, 2.24) is 9.80 Å². The van der Waals surface area contributed by atoms with Crippen LogP contribution >= 0.6 is 23.2 Å². The molecule has 1 aromatic rings. The number of aldehydes is 2. The molecule has 0 saturated heterocycles. The molecule has 0 spiro atoms. The molecule has 0 amide bonds. The summed E-state index contributed by atoms with van der Waals surface area (Å²) in [4.78, 5) is 31.6. The van der Waals surface area contributed by atoms with Gasteiger partial charge in [-0.3, -0.25) is 14.6 Å². The number of aliphatic imine (C=N–C) groups is 1. The number of nitrogens with two attached hydrogens (primary N) is 1. The second-order valence-corrected chi connectivity index (χ2v) is 8.56. The number of allylic oxidation sites excluding steroid dienone is 3. The van der Waals surface area contributed by atoms with E-state index >= 15 is 0 Å². The Balaban J connectivity index is 2.71. The molecule has 1 fully saturated rings. The first-order valence-corrected chi connectivity index (χ1v) is 10.6. The molecular formula is C23H28Cl2N4O2. The third kappa shape index (κ3) is 6.97. The highest BCUT2D eigenvalue weighted by atomic mass is 35.5. The number of hydrogen-bond acceptors (Lipinski definition) is 6. The summed E-state index contributed by atoms with van der Waals surface area (Å²) in [5.74, 6) is 0. The average molecular weight is 463 g/mol. The second-order valence-electron chi connectivity index (χ2n) is 7.69. The number of benzene rings is 1. The Kier molecular flexibility index (Phi) is 8.89. The van der Waals surface area contributed by atoms with Crippen molar-refractivity contribution < 1.29 is 9.59 Å². The lowest BCUT2D eigenvalue weighted by Gasteiger charge is -2.34. The van der Waals surface area contributed by atoms with Gasteiger partial charge in [0.05, 0.1) is 22.8 Å². The van der Waals surface area contributed by atoms with E-state index in [4.69, 9.17) is 28.9 Å². The fraction of sp³-hybridized carbons (Fsp3) is 0.348. The zero-order chi connectivity index (χ0) is 23.1. The Morgan fingerprint density at radius 2 is 1.77 bits per heavy atom. The van der Waals surface area contributed by atoms with Gasteiger partial charge in [0.1, 0.15) is 5.71 Å². The van der Waals surface area contributed by atoms with Crippen molar-refractivity contribution in [2.24, 2.45) is 10.7 Å². The topological polar surface area (TPSA) is 79.0 Å². The largest absolute Gasteiger partial charge is 0.402 e. The van der Waals surface area contributed by atoms with E-state index in [0.717, 1.165) is 24.7 Å². The van der Waals surface area contributed by atoms with Crippen LogP contribution in [0.15, 0.2) is 63.5 Å². The third-order valence-corrected chi connectivity index (χ3v) is 5.17. The molecule has 1 unspecified atom stereocenters. The van der Waals surface area contributed by atoms with E-state index in [1.807, 2.05) is 49.3 Å². The van der Waals surface area contributed by atoms with Gasteiger partial charge in [-0.1, -0.05) is 35.3 Å². The first-order valence-electron chi connectivity index (χ1n) is 9.86. The van der Waals surface area contributed by atoms with Gasteiger partial charge >= 0.3 is 0 Å². The molecule has 0 heterocycles. The van der Waals surface area contributed by atoms with Gasteiger partial charge in [-0.25, -0.2) is 0 Å². The summed E-state index contributed by atoms with van der Waals surface area (Å²) >= 11 is 12.2. The fourth-order valence-electron chi connectivity index (χ4n) is 3.17. The molecule has 0 aliphatic heterocycles. The SMILES string of the molecule is CC(N)=C(C(C=O)=NC1CC1)C(c1ccc(Cl)cc1)N(C)C(/C=C(/Cl)C=O)=C/N(C)C. The number of halogens is 2. The van der Waals surface area contributed by atoms with Gasteiger partial charge in [-0.15, -0.1) is 0 Å². The molecule has 1 aliphatic rings. The van der Waals surface area contributed by atoms with Crippen LogP contribution in [-0.2, 0) is 9.59 Å². The van der Waals surface area contributed by atoms with E-state index in [9.17, 15) is 9.59 Å². The normalized spacial score (nSPS) is 17.0. The highest BCUT2D eigenvalue weighted by molar-refractivity contribution is 6.38. The molecule has 0 bridgehead atoms. The third-order valence-electron chi connectivity index (χ3n) is 4.72. The van der Waals surface area contributed by atoms with Crippen molar-refractivity contribution >= 4 is 41.5 Å². The highest BCUT2D eigenvalue weighted by Crippen LogP contribution is 2.35. The quantitative estimate of drug-likeness (QED) is 0.245. The Hall–Kier alpha value is -2.57. The lowest BCUT2D eigenvalue weighted by molar-refractivity contribution is -0.104. The maximum absolute atomic E-state index is 12.0. The summed E-state index contributed by atoms with van der Waals surface area (Å²) < 4.78 is 0. The second kappa shape index (κ2) is 11.2. The minimum absolute atomic E-state index is 0.0482. The maximum Gasteiger partial charge on any atom is 0.168 e. The molecule has 0 aromatic heterocycles. The Bertz CT molecular complexity index is 925. The molecule has 2 N–H and O–H groups in total. The predicted octanol–water partition coefficient (Wildman–Crippen LogP) is 4.07. The van der Waals surface area contributed by atoms with E-state index in [1.54, 1.807) is 25.1 Å². The van der Waals surface area contributed by atoms with Crippen LogP contribution in [0.3, 0.4) is 0 Å². The zero-order valence-corrected chi connectivity index (χ0v) is 19.7. The summed E-state index contributed by atoms with van der Waals surface area (Å²) in [5.41, 5.74) is 9.22. The van der Waals surface area contributed by atoms with Gasteiger partial charge in [0.25, 0.3) is 0 Å². The molecule has 1 aliphatic carbocycles. The minimum atomic E-state index is -0.469. The van der Waals surface area contributed by atoms with Gasteiger partial charge in [0, 0.05) is 43.6 Å². The predicted molar refractivity (Wildman–Crippen MR) is 127 cm³/mol. The van der Waals surface area contributed by atoms with Gasteiger partial charge in [0.2, 0.25) is 0 Å². The molecule has 1 saturated carbocycles. The maximum atomic E-state index is 12.0. The molecule has 166 valence electrons. The summed E-state index contributed by atoms with van der Waals surface area (Å²) in [6, 6.07) is 7.00. The van der Waals surface area contributed by atoms with Crippen LogP contribution in [0.2, 0.25) is 5.02 Å². The van der Waals surface area contributed by atoms with Gasteiger partial charge in [0.15, 0.2) is 12.6 Å². The average Bonchev–Trinajstić information content (AvgIpc) is 3.54. The van der Waals surface area contributed by atoms with Crippen LogP contribution in [-0.4, -0.2) is 55.3 Å². The van der Waals surface area contributed by atoms with E-state index < -0.39 is 6.04 Å². The molecule has 1 atom stereocenters. The van der Waals surface area contributed by atoms with Crippen LogP contribution in [0, 0.1) is 0 Å². The summed E-state index contributed by atoms with van der Waals surface area (Å²) in [7, 11) is 5.58. The number of likely N-dealkylation sites (N-methyl/N-ethyl adjacent to an activating group) is 1. The fourth-order valence-corrected chi connectivity index (χ4v) is 3.41. The Morgan fingerprint density at radius 1 is 1.16 bits per heavy atom. The Morgan fingerprint density at radius 3 is 2.23 bits per heavy atom. The number of nitrogens with zero attached hydrogens (tertiary/aromatic N) is 3. The van der Waals surface area contributed by atoms with Crippen LogP contribution in [0.5, 0.6) is 0 Å². The van der Waals surface area contributed by atoms with Crippen molar-refractivity contribution in [2.45, 2.75) is 31.8 Å². The molecule has 8 heteroatoms. The van der Waals surface area contributed by atoms with Crippen molar-refractivity contribution in [2.75, 3.05) is 21.1 Å². The zero-order valence-electron chi connectivity index (χ0n) is 18.2. The van der Waals surface area contributed by atoms with Gasteiger partial charge in [-0.05, 0) is 43.5 Å². The van der Waals surface area contributed by atoms with Crippen LogP contribution < -0.4 is 5.73 Å². The van der Waals surface area contributed by atoms with Gasteiger partial charge < -0.3 is 15.5 Å². The first kappa shape index (κ1) is 24.7. The van der Waals surface area contributed by atoms with E-state index in [-0.39, 0.29) is 11.1 Å². The highest BCUT2D eigenvalue weighted by Gasteiger charge is 2.30. The summed E-state index contributed by atoms with van der Waals surface area (Å²) in [6.45, 7) is 1.75. The van der Waals surface area contributed by atoms with Gasteiger partial charge in [-0.2, -0.15) is 0 Å². The number of carbonyl (C=O) groups is 2. The van der Waals surface area contributed by atoms with Crippen LogP contribution in [0.1, 0.15) is 31.4 Å². The molecule has 1 aromatic carbocycles. The molecule has 2 rings (SSSR count). The lowest BCUT2D eigenvalue weighted by atomic mass is 9.92. The summed E-state index contributed by atoms with van der Waals surface area (Å²) in [5, 5.41) is 0.641. The van der Waals surface area contributed by atoms with E-state index in [0.29, 0.717) is 34.0 Å². The molecule has 0 radical (unpaired) electrons. The van der Waals surface area contributed by atoms with Crippen molar-refractivity contribution in [3.05, 3.63) is 69.1 Å². The Labute approximate surface area is 193 Å². The van der Waals surface area contributed by atoms with E-state index in [1.165, 1.54) is 0 Å². The first-order chi connectivity index (χ1) is 14.7. The van der Waals surface area contributed by atoms with Crippen LogP contribution in [0.4, 0.5) is 0 Å². The number of hydrogen-bond donors (Lipinski definition) is 1. The van der Waals surface area contributed by atoms with Crippen LogP contribution in [0.25, 0.3) is 0 Å². The smallest absolute Gasteiger partial charge is 0.168 e. The van der Waals surface area contributed by atoms with Crippen molar-refractivity contribution in [3.8, 4) is 0 Å². The van der Waals surface area contributed by atoms with Crippen molar-refractivity contribution in [3.63, 3.8) is 0 Å². The molecule has 6 nitrogen and oxygen atoms in total. The number of rotatable bonds is 10. The molecule has 31 heavy (non-hydrogen) atoms. The standard InChI is InChI=1S/C23H28Cl2N4O2/c1-15(26)22(21(14-31)27-19-9-10-19)23(16-5-7-17(24)8-6-16)29(4)20(12-28(2)3)11-18(25)13-30/h5-8,11-14,19,23H,9-10,26H2,1-4H3/b18-11+,20-12+,22-15?,27-21?. The number of carbonyl (C=O) groups excluding carboxylic acids is 2. The van der Waals surface area contributed by atoms with Crippen molar-refractivity contribution in [1.29, 1.82) is 0 Å². The monoisotopic (exact) mass is 462 g/mol. The summed E-state index contributed by atoms with van der Waals surface area (Å²) in [6.07, 6.45) is 6.64. The lowest BCUT2D eigenvalue weighted by Crippen LogP contribution is -2.31. The van der Waals surface area contributed by atoms with E-state index in [2.05, 4.69) is 4.99 Å².